The highest BCUT2D eigenvalue weighted by Crippen LogP contribution is 2.24. The predicted molar refractivity (Wildman–Crippen MR) is 86.4 cm³/mol. The molecule has 6 heteroatoms. The summed E-state index contributed by atoms with van der Waals surface area (Å²) in [5.41, 5.74) is 0. The van der Waals surface area contributed by atoms with E-state index in [0.29, 0.717) is 19.0 Å². The molecular formula is C15H31N3O2S. The Morgan fingerprint density at radius 1 is 1.14 bits per heavy atom. The van der Waals surface area contributed by atoms with Gasteiger partial charge in [0.1, 0.15) is 0 Å². The van der Waals surface area contributed by atoms with Gasteiger partial charge in [-0.3, -0.25) is 0 Å². The van der Waals surface area contributed by atoms with Crippen LogP contribution in [-0.2, 0) is 10.2 Å². The predicted octanol–water partition coefficient (Wildman–Crippen LogP) is 1.82. The van der Waals surface area contributed by atoms with Crippen LogP contribution in [0.2, 0.25) is 0 Å². The highest BCUT2D eigenvalue weighted by Gasteiger charge is 2.33. The van der Waals surface area contributed by atoms with E-state index in [1.165, 1.54) is 12.8 Å². The molecule has 0 aromatic rings. The highest BCUT2D eigenvalue weighted by atomic mass is 32.2. The molecule has 0 amide bonds. The van der Waals surface area contributed by atoms with E-state index in [1.54, 1.807) is 15.7 Å². The van der Waals surface area contributed by atoms with Gasteiger partial charge in [-0.25, -0.2) is 0 Å². The lowest BCUT2D eigenvalue weighted by Crippen LogP contribution is -2.49. The maximum absolute atomic E-state index is 12.7. The summed E-state index contributed by atoms with van der Waals surface area (Å²) < 4.78 is 28.6. The third-order valence-corrected chi connectivity index (χ3v) is 7.04. The fourth-order valence-electron chi connectivity index (χ4n) is 3.14. The molecule has 0 aromatic heterocycles. The van der Waals surface area contributed by atoms with Crippen molar-refractivity contribution in [2.45, 2.75) is 64.5 Å². The molecule has 1 saturated heterocycles. The van der Waals surface area contributed by atoms with Gasteiger partial charge in [0.15, 0.2) is 0 Å². The summed E-state index contributed by atoms with van der Waals surface area (Å²) in [5, 5.41) is 3.56. The number of rotatable bonds is 8. The smallest absolute Gasteiger partial charge is 0.281 e. The molecule has 0 bridgehead atoms. The van der Waals surface area contributed by atoms with Crippen molar-refractivity contribution >= 4 is 10.2 Å². The Hall–Kier alpha value is -0.170. The Kier molecular flexibility index (Phi) is 6.05. The van der Waals surface area contributed by atoms with Crippen molar-refractivity contribution < 1.29 is 8.42 Å². The van der Waals surface area contributed by atoms with E-state index in [0.717, 1.165) is 38.3 Å². The molecule has 2 aliphatic rings. The van der Waals surface area contributed by atoms with E-state index in [9.17, 15) is 8.42 Å². The second-order valence-corrected chi connectivity index (χ2v) is 8.51. The summed E-state index contributed by atoms with van der Waals surface area (Å²) in [6, 6.07) is 0.858. The largest absolute Gasteiger partial charge is 0.314 e. The minimum atomic E-state index is -3.28. The average molecular weight is 317 g/mol. The first-order valence-electron chi connectivity index (χ1n) is 8.45. The van der Waals surface area contributed by atoms with Gasteiger partial charge in [-0.1, -0.05) is 13.8 Å². The molecule has 0 radical (unpaired) electrons. The molecule has 1 aliphatic carbocycles. The summed E-state index contributed by atoms with van der Waals surface area (Å²) in [4.78, 5) is 0. The lowest BCUT2D eigenvalue weighted by molar-refractivity contribution is 0.241. The molecule has 1 saturated carbocycles. The van der Waals surface area contributed by atoms with Crippen molar-refractivity contribution in [3.05, 3.63) is 0 Å². The maximum Gasteiger partial charge on any atom is 0.281 e. The topological polar surface area (TPSA) is 52.7 Å². The van der Waals surface area contributed by atoms with E-state index in [2.05, 4.69) is 19.2 Å². The summed E-state index contributed by atoms with van der Waals surface area (Å²) in [6.07, 6.45) is 6.33. The molecule has 1 N–H and O–H groups in total. The Morgan fingerprint density at radius 2 is 1.71 bits per heavy atom. The van der Waals surface area contributed by atoms with E-state index in [1.807, 2.05) is 0 Å². The van der Waals surface area contributed by atoms with Gasteiger partial charge in [0.05, 0.1) is 0 Å². The van der Waals surface area contributed by atoms with E-state index < -0.39 is 10.2 Å². The van der Waals surface area contributed by atoms with Crippen LogP contribution in [0.1, 0.15) is 52.4 Å². The van der Waals surface area contributed by atoms with E-state index >= 15 is 0 Å². The van der Waals surface area contributed by atoms with Crippen LogP contribution in [0.25, 0.3) is 0 Å². The van der Waals surface area contributed by atoms with E-state index in [-0.39, 0.29) is 6.04 Å². The van der Waals surface area contributed by atoms with Crippen molar-refractivity contribution in [1.29, 1.82) is 0 Å². The summed E-state index contributed by atoms with van der Waals surface area (Å²) in [7, 11) is -1.55. The van der Waals surface area contributed by atoms with Crippen molar-refractivity contribution in [3.63, 3.8) is 0 Å². The second-order valence-electron chi connectivity index (χ2n) is 6.52. The molecule has 0 unspecified atom stereocenters. The fourth-order valence-corrected chi connectivity index (χ4v) is 4.85. The maximum atomic E-state index is 12.7. The number of piperidine rings is 1. The van der Waals surface area contributed by atoms with Crippen molar-refractivity contribution in [2.24, 2.45) is 5.92 Å². The third-order valence-electron chi connectivity index (χ3n) is 4.99. The fraction of sp³-hybridized carbons (Fsp3) is 1.00. The highest BCUT2D eigenvalue weighted by molar-refractivity contribution is 7.86. The van der Waals surface area contributed by atoms with Crippen LogP contribution in [0.3, 0.4) is 0 Å². The second kappa shape index (κ2) is 7.40. The first-order valence-corrected chi connectivity index (χ1v) is 9.85. The van der Waals surface area contributed by atoms with Crippen LogP contribution in [0.5, 0.6) is 0 Å². The van der Waals surface area contributed by atoms with Crippen LogP contribution in [0.4, 0.5) is 0 Å². The Bertz CT molecular complexity index is 411. The lowest BCUT2D eigenvalue weighted by Gasteiger charge is -2.36. The van der Waals surface area contributed by atoms with Gasteiger partial charge in [0.2, 0.25) is 0 Å². The van der Waals surface area contributed by atoms with Crippen molar-refractivity contribution in [3.8, 4) is 0 Å². The molecule has 0 atom stereocenters. The van der Waals surface area contributed by atoms with Crippen molar-refractivity contribution in [1.82, 2.24) is 13.9 Å². The standard InChI is InChI=1S/C15H31N3O2S/c1-4-15(5-2)17(3)21(19,20)18-10-8-13(9-11-18)12-16-14-6-7-14/h13-16H,4-12H2,1-3H3. The molecule has 2 rings (SSSR count). The monoisotopic (exact) mass is 317 g/mol. The van der Waals surface area contributed by atoms with Gasteiger partial charge in [-0.05, 0) is 51.0 Å². The number of hydrogen-bond acceptors (Lipinski definition) is 3. The summed E-state index contributed by atoms with van der Waals surface area (Å²) >= 11 is 0. The number of hydrogen-bond donors (Lipinski definition) is 1. The summed E-state index contributed by atoms with van der Waals surface area (Å²) in [5.74, 6) is 0.635. The molecule has 1 aliphatic heterocycles. The van der Waals surface area contributed by atoms with Gasteiger partial charge in [0.25, 0.3) is 10.2 Å². The third kappa shape index (κ3) is 4.41. The minimum Gasteiger partial charge on any atom is -0.314 e. The van der Waals surface area contributed by atoms with Crippen LogP contribution in [0.15, 0.2) is 0 Å². The molecule has 0 aromatic carbocycles. The van der Waals surface area contributed by atoms with Gasteiger partial charge in [-0.15, -0.1) is 0 Å². The average Bonchev–Trinajstić information content (AvgIpc) is 3.31. The number of nitrogens with one attached hydrogen (secondary N) is 1. The van der Waals surface area contributed by atoms with Crippen molar-refractivity contribution in [2.75, 3.05) is 26.7 Å². The van der Waals surface area contributed by atoms with Gasteiger partial charge < -0.3 is 5.32 Å². The van der Waals surface area contributed by atoms with Gasteiger partial charge in [-0.2, -0.15) is 17.0 Å². The molecular weight excluding hydrogens is 286 g/mol. The summed E-state index contributed by atoms with van der Waals surface area (Å²) in [6.45, 7) is 6.50. The zero-order valence-corrected chi connectivity index (χ0v) is 14.5. The van der Waals surface area contributed by atoms with Crippen LogP contribution in [0, 0.1) is 5.92 Å². The normalized spacial score (nSPS) is 22.3. The van der Waals surface area contributed by atoms with Gasteiger partial charge in [0, 0.05) is 32.2 Å². The van der Waals surface area contributed by atoms with E-state index in [4.69, 9.17) is 0 Å². The molecule has 2 fully saturated rings. The Balaban J connectivity index is 1.84. The zero-order chi connectivity index (χ0) is 15.5. The molecule has 21 heavy (non-hydrogen) atoms. The Morgan fingerprint density at radius 3 is 2.19 bits per heavy atom. The van der Waals surface area contributed by atoms with Crippen LogP contribution < -0.4 is 5.32 Å². The molecule has 0 spiro atoms. The van der Waals surface area contributed by atoms with Crippen LogP contribution in [-0.4, -0.2) is 55.8 Å². The SMILES string of the molecule is CCC(CC)N(C)S(=O)(=O)N1CCC(CNC2CC2)CC1. The molecule has 124 valence electrons. The zero-order valence-electron chi connectivity index (χ0n) is 13.7. The number of nitrogens with zero attached hydrogens (tertiary/aromatic N) is 2. The molecule has 1 heterocycles. The van der Waals surface area contributed by atoms with Gasteiger partial charge >= 0.3 is 0 Å². The quantitative estimate of drug-likeness (QED) is 0.743. The molecule has 5 nitrogen and oxygen atoms in total. The minimum absolute atomic E-state index is 0.115. The Labute approximate surface area is 130 Å². The van der Waals surface area contributed by atoms with Crippen LogP contribution >= 0.6 is 0 Å². The first kappa shape index (κ1) is 17.2. The first-order chi connectivity index (χ1) is 9.98. The lowest BCUT2D eigenvalue weighted by atomic mass is 9.98.